The van der Waals surface area contributed by atoms with E-state index in [9.17, 15) is 23.3 Å². The number of alkyl halides is 3. The van der Waals surface area contributed by atoms with Crippen LogP contribution < -0.4 is 4.74 Å². The van der Waals surface area contributed by atoms with Gasteiger partial charge in [-0.25, -0.2) is 4.98 Å². The largest absolute Gasteiger partial charge is 0.443 e. The number of pyridine rings is 1. The predicted octanol–water partition coefficient (Wildman–Crippen LogP) is 3.70. The van der Waals surface area contributed by atoms with Gasteiger partial charge in [-0.1, -0.05) is 24.1 Å². The summed E-state index contributed by atoms with van der Waals surface area (Å²) < 4.78 is 50.5. The number of ether oxygens (including phenoxy) is 2. The molecule has 0 fully saturated rings. The molecular formula is C21H15F3N4O4. The molecule has 0 spiro atoms. The predicted molar refractivity (Wildman–Crippen MR) is 106 cm³/mol. The number of imidazole rings is 1. The van der Waals surface area contributed by atoms with E-state index in [2.05, 4.69) is 21.8 Å². The van der Waals surface area contributed by atoms with E-state index in [1.807, 2.05) is 0 Å². The minimum Gasteiger partial charge on any atom is -0.443 e. The van der Waals surface area contributed by atoms with E-state index < -0.39 is 16.7 Å². The van der Waals surface area contributed by atoms with Crippen molar-refractivity contribution in [3.05, 3.63) is 70.2 Å². The molecule has 0 saturated heterocycles. The minimum absolute atomic E-state index is 0.0997. The number of rotatable bonds is 4. The van der Waals surface area contributed by atoms with Crippen molar-refractivity contribution in [3.63, 3.8) is 0 Å². The van der Waals surface area contributed by atoms with Gasteiger partial charge < -0.3 is 19.6 Å². The van der Waals surface area contributed by atoms with Gasteiger partial charge in [0.2, 0.25) is 0 Å². The van der Waals surface area contributed by atoms with Crippen LogP contribution in [0.1, 0.15) is 11.3 Å². The van der Waals surface area contributed by atoms with Crippen LogP contribution in [-0.4, -0.2) is 38.8 Å². The maximum atomic E-state index is 12.7. The third-order valence-corrected chi connectivity index (χ3v) is 4.63. The van der Waals surface area contributed by atoms with Gasteiger partial charge in [0.15, 0.2) is 0 Å². The van der Waals surface area contributed by atoms with E-state index in [0.717, 1.165) is 12.1 Å². The molecule has 0 amide bonds. The zero-order valence-electron chi connectivity index (χ0n) is 16.4. The molecule has 3 aromatic rings. The molecule has 2 aromatic heterocycles. The molecule has 0 N–H and O–H groups in total. The molecule has 0 aliphatic carbocycles. The Morgan fingerprint density at radius 2 is 1.97 bits per heavy atom. The van der Waals surface area contributed by atoms with Crippen LogP contribution in [0, 0.1) is 22.0 Å². The quantitative estimate of drug-likeness (QED) is 0.346. The molecule has 32 heavy (non-hydrogen) atoms. The van der Waals surface area contributed by atoms with E-state index in [1.165, 1.54) is 29.1 Å². The monoisotopic (exact) mass is 444 g/mol. The maximum Gasteiger partial charge on any atom is 0.416 e. The van der Waals surface area contributed by atoms with Crippen LogP contribution in [0.5, 0.6) is 6.01 Å². The van der Waals surface area contributed by atoms with Crippen LogP contribution >= 0.6 is 0 Å². The fourth-order valence-corrected chi connectivity index (χ4v) is 3.04. The van der Waals surface area contributed by atoms with Crippen molar-refractivity contribution in [1.82, 2.24) is 14.5 Å². The lowest BCUT2D eigenvalue weighted by Gasteiger charge is -2.21. The van der Waals surface area contributed by atoms with Crippen molar-refractivity contribution in [2.24, 2.45) is 0 Å². The summed E-state index contributed by atoms with van der Waals surface area (Å²) in [7, 11) is 0. The molecule has 0 radical (unpaired) electrons. The molecule has 0 unspecified atom stereocenters. The van der Waals surface area contributed by atoms with Gasteiger partial charge >= 0.3 is 18.0 Å². The number of aromatic nitrogens is 3. The highest BCUT2D eigenvalue weighted by Gasteiger charge is 2.30. The summed E-state index contributed by atoms with van der Waals surface area (Å²) in [6.07, 6.45) is -1.88. The van der Waals surface area contributed by atoms with Crippen LogP contribution in [0.25, 0.3) is 11.1 Å². The lowest BCUT2D eigenvalue weighted by atomic mass is 10.1. The first-order valence-corrected chi connectivity index (χ1v) is 9.38. The summed E-state index contributed by atoms with van der Waals surface area (Å²) >= 11 is 0. The molecular weight excluding hydrogens is 429 g/mol. The molecule has 0 saturated carbocycles. The minimum atomic E-state index is -4.37. The van der Waals surface area contributed by atoms with Gasteiger partial charge in [-0.15, -0.1) is 0 Å². The average molecular weight is 444 g/mol. The first kappa shape index (κ1) is 21.3. The second-order valence-electron chi connectivity index (χ2n) is 6.84. The summed E-state index contributed by atoms with van der Waals surface area (Å²) in [5, 5.41) is 10.8. The highest BCUT2D eigenvalue weighted by Crippen LogP contribution is 2.30. The normalized spacial score (nSPS) is 15.3. The van der Waals surface area contributed by atoms with Crippen molar-refractivity contribution < 1.29 is 27.6 Å². The molecule has 0 bridgehead atoms. The average Bonchev–Trinajstić information content (AvgIpc) is 3.21. The van der Waals surface area contributed by atoms with E-state index in [0.29, 0.717) is 23.4 Å². The molecule has 164 valence electrons. The van der Waals surface area contributed by atoms with E-state index in [1.54, 1.807) is 12.1 Å². The number of nitro groups is 1. The van der Waals surface area contributed by atoms with Crippen LogP contribution in [-0.2, 0) is 17.5 Å². The Morgan fingerprint density at radius 1 is 1.22 bits per heavy atom. The maximum absolute atomic E-state index is 12.7. The summed E-state index contributed by atoms with van der Waals surface area (Å²) in [6, 6.07) is 8.42. The summed E-state index contributed by atoms with van der Waals surface area (Å²) in [6.45, 7) is 0.663. The first-order chi connectivity index (χ1) is 15.3. The van der Waals surface area contributed by atoms with Gasteiger partial charge in [0, 0.05) is 16.7 Å². The van der Waals surface area contributed by atoms with Gasteiger partial charge in [0.1, 0.15) is 31.2 Å². The standard InChI is InChI=1S/C21H15F3N4O4/c22-21(23,24)16-6-3-14(4-7-16)15-5-8-17(25-10-15)2-1-9-31-18-11-27-12-19(28(29)30)26-20(27)32-13-18/h3-8,10,12,18H,9,11,13H2/t18-/m0/s1. The molecule has 1 aliphatic heterocycles. The van der Waals surface area contributed by atoms with Gasteiger partial charge in [-0.3, -0.25) is 4.57 Å². The lowest BCUT2D eigenvalue weighted by molar-refractivity contribution is -0.389. The Bertz CT molecular complexity index is 1180. The zero-order chi connectivity index (χ0) is 22.7. The van der Waals surface area contributed by atoms with Crippen molar-refractivity contribution in [2.75, 3.05) is 13.2 Å². The summed E-state index contributed by atoms with van der Waals surface area (Å²) in [5.74, 6) is 5.39. The summed E-state index contributed by atoms with van der Waals surface area (Å²) in [5.41, 5.74) is 1.06. The summed E-state index contributed by atoms with van der Waals surface area (Å²) in [4.78, 5) is 18.2. The fraction of sp³-hybridized carbons (Fsp3) is 0.238. The van der Waals surface area contributed by atoms with E-state index >= 15 is 0 Å². The molecule has 3 heterocycles. The Kier molecular flexibility index (Phi) is 5.79. The number of fused-ring (bicyclic) bond motifs is 1. The highest BCUT2D eigenvalue weighted by atomic mass is 19.4. The second kappa shape index (κ2) is 8.68. The van der Waals surface area contributed by atoms with Crippen molar-refractivity contribution in [1.29, 1.82) is 0 Å². The van der Waals surface area contributed by atoms with Crippen molar-refractivity contribution >= 4 is 5.82 Å². The number of halogens is 3. The smallest absolute Gasteiger partial charge is 0.416 e. The van der Waals surface area contributed by atoms with Crippen LogP contribution in [0.3, 0.4) is 0 Å². The topological polar surface area (TPSA) is 92.3 Å². The van der Waals surface area contributed by atoms with Gasteiger partial charge in [-0.2, -0.15) is 13.2 Å². The molecule has 1 atom stereocenters. The molecule has 4 rings (SSSR count). The number of hydrogen-bond acceptors (Lipinski definition) is 6. The first-order valence-electron chi connectivity index (χ1n) is 9.38. The van der Waals surface area contributed by atoms with Crippen LogP contribution in [0.2, 0.25) is 0 Å². The Labute approximate surface area is 179 Å². The van der Waals surface area contributed by atoms with Crippen molar-refractivity contribution in [2.45, 2.75) is 18.8 Å². The van der Waals surface area contributed by atoms with Crippen LogP contribution in [0.4, 0.5) is 19.0 Å². The van der Waals surface area contributed by atoms with Crippen molar-refractivity contribution in [3.8, 4) is 29.0 Å². The highest BCUT2D eigenvalue weighted by molar-refractivity contribution is 5.63. The molecule has 11 heteroatoms. The third-order valence-electron chi connectivity index (χ3n) is 4.63. The number of benzene rings is 1. The molecule has 1 aromatic carbocycles. The Hall–Kier alpha value is -3.91. The Balaban J connectivity index is 1.31. The van der Waals surface area contributed by atoms with Gasteiger partial charge in [0.05, 0.1) is 12.1 Å². The molecule has 1 aliphatic rings. The SMILES string of the molecule is O=[N+]([O-])c1cn2c(n1)OC[C@@H](OCC#Cc1ccc(-c3ccc(C(F)(F)F)cc3)cn1)C2. The fourth-order valence-electron chi connectivity index (χ4n) is 3.04. The lowest BCUT2D eigenvalue weighted by Crippen LogP contribution is -2.32. The zero-order valence-corrected chi connectivity index (χ0v) is 16.4. The van der Waals surface area contributed by atoms with E-state index in [4.69, 9.17) is 9.47 Å². The van der Waals surface area contributed by atoms with E-state index in [-0.39, 0.29) is 31.1 Å². The number of hydrogen-bond donors (Lipinski definition) is 0. The Morgan fingerprint density at radius 3 is 2.62 bits per heavy atom. The second-order valence-corrected chi connectivity index (χ2v) is 6.84. The molecule has 8 nitrogen and oxygen atoms in total. The van der Waals surface area contributed by atoms with Gasteiger partial charge in [0.25, 0.3) is 0 Å². The van der Waals surface area contributed by atoms with Gasteiger partial charge in [-0.05, 0) is 34.6 Å². The number of nitrogens with zero attached hydrogens (tertiary/aromatic N) is 4. The van der Waals surface area contributed by atoms with Crippen LogP contribution in [0.15, 0.2) is 48.8 Å². The third kappa shape index (κ3) is 4.87.